The molecule has 12 heteroatoms. The highest BCUT2D eigenvalue weighted by molar-refractivity contribution is 7.98. The zero-order valence-corrected chi connectivity index (χ0v) is 34.2. The smallest absolute Gasteiger partial charge is 0.251 e. The van der Waals surface area contributed by atoms with E-state index in [-0.39, 0.29) is 42.5 Å². The molecule has 4 N–H and O–H groups in total. The second-order valence-corrected chi connectivity index (χ2v) is 17.6. The fraction of sp³-hybridized carbons (Fsp3) is 0.659. The maximum absolute atomic E-state index is 14.3. The zero-order chi connectivity index (χ0) is 38.8. The zero-order valence-electron chi connectivity index (χ0n) is 33.4. The molecule has 4 aliphatic rings. The third kappa shape index (κ3) is 8.84. The van der Waals surface area contributed by atoms with Crippen LogP contribution in [-0.4, -0.2) is 123 Å². The maximum atomic E-state index is 14.3. The number of nitrogens with zero attached hydrogens (tertiary/aromatic N) is 3. The lowest BCUT2D eigenvalue weighted by Gasteiger charge is -2.62. The van der Waals surface area contributed by atoms with E-state index in [1.54, 1.807) is 30.9 Å². The summed E-state index contributed by atoms with van der Waals surface area (Å²) in [5, 5.41) is 29.5. The minimum atomic E-state index is -0.895. The molecule has 2 aromatic carbocycles. The quantitative estimate of drug-likeness (QED) is 0.195. The topological polar surface area (TPSA) is 127 Å². The van der Waals surface area contributed by atoms with Crippen LogP contribution in [-0.2, 0) is 16.2 Å². The van der Waals surface area contributed by atoms with Crippen molar-refractivity contribution in [3.8, 4) is 16.9 Å². The summed E-state index contributed by atoms with van der Waals surface area (Å²) in [5.41, 5.74) is 4.08. The van der Waals surface area contributed by atoms with Crippen LogP contribution in [0.2, 0.25) is 0 Å². The van der Waals surface area contributed by atoms with Gasteiger partial charge in [-0.25, -0.2) is 0 Å². The van der Waals surface area contributed by atoms with Crippen LogP contribution in [0, 0.1) is 29.1 Å². The van der Waals surface area contributed by atoms with Crippen molar-refractivity contribution < 1.29 is 29.4 Å². The van der Waals surface area contributed by atoms with Crippen molar-refractivity contribution in [2.45, 2.75) is 83.8 Å². The molecule has 1 aliphatic heterocycles. The molecule has 0 spiro atoms. The molecule has 2 aromatic rings. The van der Waals surface area contributed by atoms with Crippen LogP contribution >= 0.6 is 11.8 Å². The van der Waals surface area contributed by atoms with E-state index in [2.05, 4.69) is 42.6 Å². The van der Waals surface area contributed by atoms with Gasteiger partial charge >= 0.3 is 0 Å². The standard InChI is InChI=1S/C41H63N5O6S/c1-24-33-19-29(41(33,3)4)20-34(24)43-40(50)37-36(25(2)48)35(23-47)52-46(37)21-26-12-11-13-32(38(26)51-9)27-16-28(18-31(17-27)45(7)8)39(49)42-30(14-15-53-10)22-44(5)6/h11-13,16-18,24-25,29-30,33-37,47-48H,14-15,19-23H2,1-10H3,(H,42,49)(H,43,50)/t24-,25-,29-,30-,33-,34-,35-,36-,37-/m0/s1. The monoisotopic (exact) mass is 753 g/mol. The Morgan fingerprint density at radius 2 is 1.89 bits per heavy atom. The SMILES string of the molecule is COc1c(CN2O[C@@H](CO)[C@H]([C@H](C)O)[C@H]2C(=O)N[C@H]2C[C@@H]3C[C@@H]([C@@H]2C)C3(C)C)cccc1-c1cc(C(=O)N[C@@H](CCSC)CN(C)C)cc(N(C)C)c1. The number of rotatable bonds is 16. The molecule has 4 fully saturated rings. The second-order valence-electron chi connectivity index (χ2n) is 16.6. The predicted molar refractivity (Wildman–Crippen MR) is 213 cm³/mol. The first-order valence-electron chi connectivity index (χ1n) is 19.1. The summed E-state index contributed by atoms with van der Waals surface area (Å²) in [6.45, 7) is 9.15. The minimum Gasteiger partial charge on any atom is -0.496 e. The van der Waals surface area contributed by atoms with Crippen LogP contribution in [0.4, 0.5) is 5.69 Å². The lowest BCUT2D eigenvalue weighted by Crippen LogP contribution is -2.62. The summed E-state index contributed by atoms with van der Waals surface area (Å²) in [4.78, 5) is 38.4. The number of carbonyl (C=O) groups is 2. The summed E-state index contributed by atoms with van der Waals surface area (Å²) in [7, 11) is 9.54. The molecule has 0 radical (unpaired) electrons. The number of fused-ring (bicyclic) bond motifs is 2. The van der Waals surface area contributed by atoms with Crippen LogP contribution in [0.15, 0.2) is 36.4 Å². The lowest BCUT2D eigenvalue weighted by atomic mass is 9.45. The van der Waals surface area contributed by atoms with E-state index in [0.29, 0.717) is 29.1 Å². The molecule has 3 saturated carbocycles. The minimum absolute atomic E-state index is 0.00644. The number of anilines is 1. The summed E-state index contributed by atoms with van der Waals surface area (Å²) in [5.74, 6) is 2.05. The highest BCUT2D eigenvalue weighted by atomic mass is 32.2. The number of carbonyl (C=O) groups excluding carboxylic acids is 2. The Balaban J connectivity index is 1.44. The molecule has 1 heterocycles. The third-order valence-electron chi connectivity index (χ3n) is 12.3. The Kier molecular flexibility index (Phi) is 13.5. The Bertz CT molecular complexity index is 1590. The molecule has 2 amide bonds. The van der Waals surface area contributed by atoms with Crippen molar-refractivity contribution in [1.82, 2.24) is 20.6 Å². The van der Waals surface area contributed by atoms with Crippen LogP contribution in [0.3, 0.4) is 0 Å². The Hall–Kier alpha value is -2.87. The molecule has 0 unspecified atom stereocenters. The Morgan fingerprint density at radius 3 is 2.47 bits per heavy atom. The summed E-state index contributed by atoms with van der Waals surface area (Å²) in [6, 6.07) is 10.9. The number of ether oxygens (including phenoxy) is 1. The number of aliphatic hydroxyl groups is 2. The predicted octanol–water partition coefficient (Wildman–Crippen LogP) is 4.50. The first kappa shape index (κ1) is 41.3. The molecule has 1 saturated heterocycles. The van der Waals surface area contributed by atoms with Crippen LogP contribution < -0.4 is 20.3 Å². The normalized spacial score (nSPS) is 27.5. The Labute approximate surface area is 321 Å². The number of likely N-dealkylation sites (N-methyl/N-ethyl adjacent to an activating group) is 1. The van der Waals surface area contributed by atoms with E-state index in [0.717, 1.165) is 47.5 Å². The molecule has 9 atom stereocenters. The number of aliphatic hydroxyl groups excluding tert-OH is 2. The van der Waals surface area contributed by atoms with E-state index in [1.807, 2.05) is 69.5 Å². The van der Waals surface area contributed by atoms with Gasteiger partial charge in [-0.05, 0) is 99.2 Å². The van der Waals surface area contributed by atoms with Gasteiger partial charge in [-0.3, -0.25) is 14.4 Å². The average molecular weight is 754 g/mol. The highest BCUT2D eigenvalue weighted by Crippen LogP contribution is 2.61. The first-order valence-corrected chi connectivity index (χ1v) is 20.5. The van der Waals surface area contributed by atoms with Crippen molar-refractivity contribution in [2.75, 3.05) is 65.4 Å². The molecule has 53 heavy (non-hydrogen) atoms. The van der Waals surface area contributed by atoms with Gasteiger partial charge < -0.3 is 35.4 Å². The average Bonchev–Trinajstić information content (AvgIpc) is 3.49. The van der Waals surface area contributed by atoms with E-state index in [9.17, 15) is 19.8 Å². The van der Waals surface area contributed by atoms with Gasteiger partial charge in [0.2, 0.25) is 5.91 Å². The molecule has 6 rings (SSSR count). The summed E-state index contributed by atoms with van der Waals surface area (Å²) in [6.07, 6.45) is 3.43. The van der Waals surface area contributed by atoms with Gasteiger partial charge in [-0.2, -0.15) is 16.8 Å². The van der Waals surface area contributed by atoms with Gasteiger partial charge in [0.25, 0.3) is 5.91 Å². The molecule has 2 bridgehead atoms. The highest BCUT2D eigenvalue weighted by Gasteiger charge is 2.57. The number of hydrogen-bond acceptors (Lipinski definition) is 10. The van der Waals surface area contributed by atoms with E-state index >= 15 is 0 Å². The second kappa shape index (κ2) is 17.3. The summed E-state index contributed by atoms with van der Waals surface area (Å²) < 4.78 is 6.09. The number of thioether (sulfide) groups is 1. The van der Waals surface area contributed by atoms with Gasteiger partial charge in [0.1, 0.15) is 17.9 Å². The molecule has 0 aromatic heterocycles. The third-order valence-corrected chi connectivity index (χ3v) is 12.9. The Morgan fingerprint density at radius 1 is 1.15 bits per heavy atom. The number of para-hydroxylation sites is 1. The maximum Gasteiger partial charge on any atom is 0.251 e. The van der Waals surface area contributed by atoms with E-state index in [1.165, 1.54) is 6.42 Å². The van der Waals surface area contributed by atoms with E-state index in [4.69, 9.17) is 9.57 Å². The van der Waals surface area contributed by atoms with Crippen LogP contribution in [0.25, 0.3) is 11.1 Å². The molecular formula is C41H63N5O6S. The summed E-state index contributed by atoms with van der Waals surface area (Å²) >= 11 is 1.77. The molecule has 11 nitrogen and oxygen atoms in total. The molecule has 294 valence electrons. The van der Waals surface area contributed by atoms with Gasteiger partial charge in [-0.15, -0.1) is 0 Å². The number of hydroxylamine groups is 2. The fourth-order valence-corrected chi connectivity index (χ4v) is 9.68. The van der Waals surface area contributed by atoms with Crippen molar-refractivity contribution in [2.24, 2.45) is 29.1 Å². The largest absolute Gasteiger partial charge is 0.496 e. The number of hydrogen-bond donors (Lipinski definition) is 4. The van der Waals surface area contributed by atoms with Crippen LogP contribution in [0.5, 0.6) is 5.75 Å². The fourth-order valence-electron chi connectivity index (χ4n) is 9.16. The van der Waals surface area contributed by atoms with Crippen molar-refractivity contribution in [1.29, 1.82) is 0 Å². The van der Waals surface area contributed by atoms with Gasteiger partial charge in [0.05, 0.1) is 26.4 Å². The number of benzene rings is 2. The molecular weight excluding hydrogens is 691 g/mol. The van der Waals surface area contributed by atoms with Crippen molar-refractivity contribution in [3.63, 3.8) is 0 Å². The first-order chi connectivity index (χ1) is 25.1. The van der Waals surface area contributed by atoms with Crippen molar-refractivity contribution >= 4 is 29.3 Å². The van der Waals surface area contributed by atoms with Crippen LogP contribution in [0.1, 0.15) is 62.9 Å². The van der Waals surface area contributed by atoms with E-state index < -0.39 is 24.2 Å². The van der Waals surface area contributed by atoms with Gasteiger partial charge in [-0.1, -0.05) is 39.0 Å². The van der Waals surface area contributed by atoms with Gasteiger partial charge in [0.15, 0.2) is 0 Å². The molecule has 3 aliphatic carbocycles. The number of nitrogens with one attached hydrogen (secondary N) is 2. The number of methoxy groups -OCH3 is 1. The lowest BCUT2D eigenvalue weighted by molar-refractivity contribution is -0.183. The number of amides is 2. The van der Waals surface area contributed by atoms with Gasteiger partial charge in [0, 0.05) is 61.0 Å². The van der Waals surface area contributed by atoms with Crippen molar-refractivity contribution in [3.05, 3.63) is 47.5 Å².